The summed E-state index contributed by atoms with van der Waals surface area (Å²) in [6, 6.07) is 9.14. The zero-order chi connectivity index (χ0) is 16.1. The Balaban J connectivity index is 0.00000264. The number of nitrogens with zero attached hydrogens (tertiary/aromatic N) is 1. The zero-order valence-electron chi connectivity index (χ0n) is 13.7. The standard InChI is InChI=1S/C17H23N3O2.ClH/c1-4-11(2)16(18)17(21)19-10-12-9-15(22-3)20-14-8-6-5-7-13(12)14;/h5-9,11,16H,4,10,18H2,1-3H3,(H,19,21);1H. The van der Waals surface area contributed by atoms with Crippen molar-refractivity contribution in [3.8, 4) is 5.88 Å². The maximum atomic E-state index is 12.1. The molecule has 0 aliphatic rings. The van der Waals surface area contributed by atoms with Crippen LogP contribution in [-0.4, -0.2) is 24.0 Å². The minimum atomic E-state index is -0.486. The second-order valence-corrected chi connectivity index (χ2v) is 5.47. The molecular formula is C17H24ClN3O2. The van der Waals surface area contributed by atoms with E-state index in [9.17, 15) is 4.79 Å². The highest BCUT2D eigenvalue weighted by Gasteiger charge is 2.19. The van der Waals surface area contributed by atoms with E-state index < -0.39 is 6.04 Å². The lowest BCUT2D eigenvalue weighted by atomic mass is 9.99. The number of aromatic nitrogens is 1. The molecule has 6 heteroatoms. The maximum absolute atomic E-state index is 12.1. The van der Waals surface area contributed by atoms with Gasteiger partial charge in [0.1, 0.15) is 0 Å². The van der Waals surface area contributed by atoms with Crippen LogP contribution >= 0.6 is 12.4 Å². The molecular weight excluding hydrogens is 314 g/mol. The molecule has 0 radical (unpaired) electrons. The molecule has 1 aromatic heterocycles. The third-order valence-corrected chi connectivity index (χ3v) is 4.00. The van der Waals surface area contributed by atoms with Crippen LogP contribution in [-0.2, 0) is 11.3 Å². The number of benzene rings is 1. The lowest BCUT2D eigenvalue weighted by Gasteiger charge is -2.18. The van der Waals surface area contributed by atoms with Gasteiger partial charge in [0, 0.05) is 18.0 Å². The molecule has 2 atom stereocenters. The van der Waals surface area contributed by atoms with Crippen molar-refractivity contribution >= 4 is 29.2 Å². The van der Waals surface area contributed by atoms with Crippen molar-refractivity contribution in [3.05, 3.63) is 35.9 Å². The predicted octanol–water partition coefficient (Wildman–Crippen LogP) is 2.65. The van der Waals surface area contributed by atoms with Crippen LogP contribution in [0.4, 0.5) is 0 Å². The average molecular weight is 338 g/mol. The summed E-state index contributed by atoms with van der Waals surface area (Å²) in [4.78, 5) is 16.5. The predicted molar refractivity (Wildman–Crippen MR) is 94.8 cm³/mol. The summed E-state index contributed by atoms with van der Waals surface area (Å²) in [5, 5.41) is 3.91. The normalized spacial score (nSPS) is 13.0. The van der Waals surface area contributed by atoms with E-state index in [2.05, 4.69) is 10.3 Å². The maximum Gasteiger partial charge on any atom is 0.237 e. The number of pyridine rings is 1. The van der Waals surface area contributed by atoms with Crippen LogP contribution in [0, 0.1) is 5.92 Å². The van der Waals surface area contributed by atoms with Gasteiger partial charge in [-0.2, -0.15) is 0 Å². The van der Waals surface area contributed by atoms with Gasteiger partial charge in [-0.25, -0.2) is 4.98 Å². The molecule has 3 N–H and O–H groups in total. The first-order valence-corrected chi connectivity index (χ1v) is 7.52. The van der Waals surface area contributed by atoms with Crippen LogP contribution in [0.2, 0.25) is 0 Å². The van der Waals surface area contributed by atoms with Gasteiger partial charge in [-0.3, -0.25) is 4.79 Å². The molecule has 0 saturated carbocycles. The summed E-state index contributed by atoms with van der Waals surface area (Å²) >= 11 is 0. The number of hydrogen-bond acceptors (Lipinski definition) is 4. The van der Waals surface area contributed by atoms with Crippen molar-refractivity contribution in [3.63, 3.8) is 0 Å². The van der Waals surface area contributed by atoms with E-state index >= 15 is 0 Å². The van der Waals surface area contributed by atoms with Crippen LogP contribution in [0.3, 0.4) is 0 Å². The van der Waals surface area contributed by atoms with Gasteiger partial charge in [0.15, 0.2) is 0 Å². The summed E-state index contributed by atoms with van der Waals surface area (Å²) in [7, 11) is 1.58. The van der Waals surface area contributed by atoms with Crippen molar-refractivity contribution in [1.29, 1.82) is 0 Å². The third kappa shape index (κ3) is 4.56. The first-order valence-electron chi connectivity index (χ1n) is 7.52. The lowest BCUT2D eigenvalue weighted by molar-refractivity contribution is -0.123. The molecule has 0 fully saturated rings. The number of methoxy groups -OCH3 is 1. The van der Waals surface area contributed by atoms with Gasteiger partial charge in [-0.15, -0.1) is 12.4 Å². The molecule has 0 bridgehead atoms. The Morgan fingerprint density at radius 2 is 2.09 bits per heavy atom. The monoisotopic (exact) mass is 337 g/mol. The van der Waals surface area contributed by atoms with E-state index in [0.717, 1.165) is 22.9 Å². The van der Waals surface area contributed by atoms with E-state index in [4.69, 9.17) is 10.5 Å². The van der Waals surface area contributed by atoms with Gasteiger partial charge in [0.05, 0.1) is 18.7 Å². The molecule has 5 nitrogen and oxygen atoms in total. The molecule has 23 heavy (non-hydrogen) atoms. The van der Waals surface area contributed by atoms with Crippen molar-refractivity contribution in [2.24, 2.45) is 11.7 Å². The van der Waals surface area contributed by atoms with E-state index in [1.54, 1.807) is 7.11 Å². The number of para-hydroxylation sites is 1. The Morgan fingerprint density at radius 3 is 2.74 bits per heavy atom. The fourth-order valence-corrected chi connectivity index (χ4v) is 2.28. The molecule has 126 valence electrons. The van der Waals surface area contributed by atoms with Crippen LogP contribution in [0.25, 0.3) is 10.9 Å². The molecule has 1 heterocycles. The van der Waals surface area contributed by atoms with Crippen LogP contribution in [0.15, 0.2) is 30.3 Å². The molecule has 0 aliphatic carbocycles. The number of nitrogens with two attached hydrogens (primary N) is 1. The number of hydrogen-bond donors (Lipinski definition) is 2. The topological polar surface area (TPSA) is 77.2 Å². The second kappa shape index (κ2) is 8.70. The number of carbonyl (C=O) groups is 1. The molecule has 0 saturated heterocycles. The van der Waals surface area contributed by atoms with Crippen molar-refractivity contribution in [2.75, 3.05) is 7.11 Å². The number of rotatable bonds is 6. The summed E-state index contributed by atoms with van der Waals surface area (Å²) in [5.74, 6) is 0.562. The quantitative estimate of drug-likeness (QED) is 0.849. The number of fused-ring (bicyclic) bond motifs is 1. The van der Waals surface area contributed by atoms with Crippen LogP contribution in [0.1, 0.15) is 25.8 Å². The van der Waals surface area contributed by atoms with Gasteiger partial charge in [-0.05, 0) is 17.5 Å². The lowest BCUT2D eigenvalue weighted by Crippen LogP contribution is -2.44. The minimum Gasteiger partial charge on any atom is -0.481 e. The summed E-state index contributed by atoms with van der Waals surface area (Å²) in [6.45, 7) is 4.41. The summed E-state index contributed by atoms with van der Waals surface area (Å²) in [5.41, 5.74) is 7.76. The Bertz CT molecular complexity index is 663. The average Bonchev–Trinajstić information content (AvgIpc) is 2.57. The highest BCUT2D eigenvalue weighted by molar-refractivity contribution is 5.85. The first kappa shape index (κ1) is 19.2. The number of amides is 1. The third-order valence-electron chi connectivity index (χ3n) is 4.00. The Kier molecular flexibility index (Phi) is 7.26. The number of halogens is 1. The SMILES string of the molecule is CCC(C)C(N)C(=O)NCc1cc(OC)nc2ccccc12.Cl. The molecule has 1 amide bonds. The van der Waals surface area contributed by atoms with Crippen molar-refractivity contribution in [1.82, 2.24) is 10.3 Å². The largest absolute Gasteiger partial charge is 0.481 e. The highest BCUT2D eigenvalue weighted by Crippen LogP contribution is 2.21. The van der Waals surface area contributed by atoms with E-state index in [-0.39, 0.29) is 24.2 Å². The Labute approximate surface area is 143 Å². The van der Waals surface area contributed by atoms with E-state index in [1.807, 2.05) is 44.2 Å². The molecule has 2 rings (SSSR count). The number of nitrogens with one attached hydrogen (secondary N) is 1. The summed E-state index contributed by atoms with van der Waals surface area (Å²) in [6.07, 6.45) is 0.876. The van der Waals surface area contributed by atoms with Crippen LogP contribution in [0.5, 0.6) is 5.88 Å². The fourth-order valence-electron chi connectivity index (χ4n) is 2.28. The van der Waals surface area contributed by atoms with Gasteiger partial charge in [-0.1, -0.05) is 38.5 Å². The van der Waals surface area contributed by atoms with Gasteiger partial charge >= 0.3 is 0 Å². The Morgan fingerprint density at radius 1 is 1.39 bits per heavy atom. The Hall–Kier alpha value is -1.85. The molecule has 0 spiro atoms. The summed E-state index contributed by atoms with van der Waals surface area (Å²) < 4.78 is 5.22. The van der Waals surface area contributed by atoms with Gasteiger partial charge < -0.3 is 15.8 Å². The van der Waals surface area contributed by atoms with E-state index in [0.29, 0.717) is 12.4 Å². The molecule has 2 unspecified atom stereocenters. The van der Waals surface area contributed by atoms with Gasteiger partial charge in [0.25, 0.3) is 0 Å². The number of ether oxygens (including phenoxy) is 1. The fraction of sp³-hybridized carbons (Fsp3) is 0.412. The molecule has 1 aromatic carbocycles. The zero-order valence-corrected chi connectivity index (χ0v) is 14.5. The molecule has 0 aliphatic heterocycles. The van der Waals surface area contributed by atoms with Crippen molar-refractivity contribution < 1.29 is 9.53 Å². The number of carbonyl (C=O) groups excluding carboxylic acids is 1. The minimum absolute atomic E-state index is 0. The first-order chi connectivity index (χ1) is 10.6. The van der Waals surface area contributed by atoms with Crippen molar-refractivity contribution in [2.45, 2.75) is 32.9 Å². The smallest absolute Gasteiger partial charge is 0.237 e. The second-order valence-electron chi connectivity index (χ2n) is 5.47. The van der Waals surface area contributed by atoms with Crippen LogP contribution < -0.4 is 15.8 Å². The van der Waals surface area contributed by atoms with E-state index in [1.165, 1.54) is 0 Å². The van der Waals surface area contributed by atoms with Gasteiger partial charge in [0.2, 0.25) is 11.8 Å². The molecule has 2 aromatic rings. The highest BCUT2D eigenvalue weighted by atomic mass is 35.5.